The molecule has 1 saturated heterocycles. The van der Waals surface area contributed by atoms with Gasteiger partial charge in [-0.1, -0.05) is 18.2 Å². The first-order valence-corrected chi connectivity index (χ1v) is 10.3. The van der Waals surface area contributed by atoms with Crippen LogP contribution in [0.2, 0.25) is 0 Å². The lowest BCUT2D eigenvalue weighted by Gasteiger charge is -2.47. The molecule has 4 rings (SSSR count). The molecule has 2 atom stereocenters. The zero-order chi connectivity index (χ0) is 23.5. The average Bonchev–Trinajstić information content (AvgIpc) is 2.80. The Balaban J connectivity index is 1.61. The molecule has 1 aliphatic rings. The fraction of sp³-hybridized carbons (Fsp3) is 0.200. The summed E-state index contributed by atoms with van der Waals surface area (Å²) in [4.78, 5) is 25.9. The fourth-order valence-electron chi connectivity index (χ4n) is 3.81. The van der Waals surface area contributed by atoms with Gasteiger partial charge in [0.2, 0.25) is 12.0 Å². The van der Waals surface area contributed by atoms with Crippen molar-refractivity contribution in [3.8, 4) is 11.5 Å². The number of carbonyl (C=O) groups excluding carboxylic acids is 2. The van der Waals surface area contributed by atoms with Crippen molar-refractivity contribution >= 4 is 17.5 Å². The van der Waals surface area contributed by atoms with Crippen LogP contribution in [0.15, 0.2) is 66.7 Å². The Bertz CT molecular complexity index is 1180. The van der Waals surface area contributed by atoms with Crippen LogP contribution < -0.4 is 14.8 Å². The van der Waals surface area contributed by atoms with Gasteiger partial charge in [0.05, 0.1) is 7.11 Å². The van der Waals surface area contributed by atoms with E-state index in [0.717, 1.165) is 17.7 Å². The van der Waals surface area contributed by atoms with Gasteiger partial charge in [0.15, 0.2) is 11.6 Å². The molecule has 2 amide bonds. The number of halogens is 2. The van der Waals surface area contributed by atoms with Gasteiger partial charge in [-0.3, -0.25) is 9.59 Å². The molecule has 1 N–H and O–H groups in total. The second-order valence-electron chi connectivity index (χ2n) is 7.68. The number of likely N-dealkylation sites (tertiary alicyclic amines) is 1. The minimum Gasteiger partial charge on any atom is -0.497 e. The van der Waals surface area contributed by atoms with Crippen molar-refractivity contribution < 1.29 is 27.8 Å². The third kappa shape index (κ3) is 4.79. The second-order valence-corrected chi connectivity index (χ2v) is 7.68. The summed E-state index contributed by atoms with van der Waals surface area (Å²) in [5, 5.41) is 2.70. The van der Waals surface area contributed by atoms with E-state index in [1.807, 2.05) is 6.07 Å². The maximum absolute atomic E-state index is 14.0. The third-order valence-corrected chi connectivity index (χ3v) is 5.36. The molecule has 3 aromatic rings. The molecule has 1 heterocycles. The zero-order valence-electron chi connectivity index (χ0n) is 18.0. The number of hydrogen-bond donors (Lipinski definition) is 1. The summed E-state index contributed by atoms with van der Waals surface area (Å²) >= 11 is 0. The van der Waals surface area contributed by atoms with Crippen molar-refractivity contribution in [1.29, 1.82) is 0 Å². The van der Waals surface area contributed by atoms with Gasteiger partial charge >= 0.3 is 0 Å². The summed E-state index contributed by atoms with van der Waals surface area (Å²) in [7, 11) is 1.54. The molecule has 0 bridgehead atoms. The summed E-state index contributed by atoms with van der Waals surface area (Å²) in [5.41, 5.74) is 1.79. The molecule has 1 fully saturated rings. The van der Waals surface area contributed by atoms with Gasteiger partial charge in [-0.25, -0.2) is 8.78 Å². The molecule has 0 unspecified atom stereocenters. The molecule has 33 heavy (non-hydrogen) atoms. The number of carbonyl (C=O) groups is 2. The van der Waals surface area contributed by atoms with Crippen molar-refractivity contribution in [2.24, 2.45) is 0 Å². The fourth-order valence-corrected chi connectivity index (χ4v) is 3.81. The first-order valence-electron chi connectivity index (χ1n) is 10.3. The van der Waals surface area contributed by atoms with Gasteiger partial charge in [0, 0.05) is 19.2 Å². The molecule has 0 spiro atoms. The lowest BCUT2D eigenvalue weighted by molar-refractivity contribution is -0.165. The molecular formula is C25H22F2N2O4. The lowest BCUT2D eigenvalue weighted by atomic mass is 9.89. The van der Waals surface area contributed by atoms with Gasteiger partial charge in [-0.05, 0) is 59.7 Å². The number of nitrogens with one attached hydrogen (secondary N) is 1. The summed E-state index contributed by atoms with van der Waals surface area (Å²) in [6.07, 6.45) is -0.901. The van der Waals surface area contributed by atoms with Crippen LogP contribution in [0, 0.1) is 11.6 Å². The normalized spacial score (nSPS) is 17.3. The number of nitrogens with zero attached hydrogens (tertiary/aromatic N) is 1. The number of ether oxygens (including phenoxy) is 2. The molecule has 170 valence electrons. The highest BCUT2D eigenvalue weighted by Crippen LogP contribution is 2.39. The van der Waals surface area contributed by atoms with Gasteiger partial charge < -0.3 is 19.7 Å². The SMILES string of the molecule is COc1ccc(O[C@H]2C(=O)N(Cc3cccc(NC(C)=O)c3)[C@H]2c2ccc(F)c(F)c2)cc1. The number of rotatable bonds is 7. The topological polar surface area (TPSA) is 67.9 Å². The van der Waals surface area contributed by atoms with Crippen LogP contribution in [0.3, 0.4) is 0 Å². The quantitative estimate of drug-likeness (QED) is 0.538. The van der Waals surface area contributed by atoms with E-state index in [-0.39, 0.29) is 18.4 Å². The summed E-state index contributed by atoms with van der Waals surface area (Å²) < 4.78 is 38.6. The average molecular weight is 452 g/mol. The Morgan fingerprint density at radius 3 is 2.39 bits per heavy atom. The minimum atomic E-state index is -0.998. The van der Waals surface area contributed by atoms with Gasteiger partial charge in [-0.15, -0.1) is 0 Å². The molecule has 0 radical (unpaired) electrons. The van der Waals surface area contributed by atoms with Gasteiger partial charge in [-0.2, -0.15) is 0 Å². The third-order valence-electron chi connectivity index (χ3n) is 5.36. The Morgan fingerprint density at radius 1 is 1.00 bits per heavy atom. The minimum absolute atomic E-state index is 0.207. The van der Waals surface area contributed by atoms with Crippen LogP contribution in [0.25, 0.3) is 0 Å². The van der Waals surface area contributed by atoms with Crippen LogP contribution in [0.5, 0.6) is 11.5 Å². The first-order chi connectivity index (χ1) is 15.9. The molecule has 8 heteroatoms. The number of amides is 2. The highest BCUT2D eigenvalue weighted by atomic mass is 19.2. The Kier molecular flexibility index (Phi) is 6.26. The summed E-state index contributed by atoms with van der Waals surface area (Å²) in [6, 6.07) is 16.8. The van der Waals surface area contributed by atoms with Crippen LogP contribution in [0.4, 0.5) is 14.5 Å². The van der Waals surface area contributed by atoms with E-state index in [9.17, 15) is 18.4 Å². The zero-order valence-corrected chi connectivity index (χ0v) is 18.0. The van der Waals surface area contributed by atoms with Crippen molar-refractivity contribution in [2.75, 3.05) is 12.4 Å². The van der Waals surface area contributed by atoms with Crippen molar-refractivity contribution in [1.82, 2.24) is 4.90 Å². The number of hydrogen-bond acceptors (Lipinski definition) is 4. The number of β-lactam (4-membered cyclic amide) rings is 1. The number of methoxy groups -OCH3 is 1. The smallest absolute Gasteiger partial charge is 0.267 e. The molecular weight excluding hydrogens is 430 g/mol. The number of benzene rings is 3. The van der Waals surface area contributed by atoms with E-state index in [0.29, 0.717) is 22.7 Å². The van der Waals surface area contributed by atoms with E-state index in [2.05, 4.69) is 5.32 Å². The maximum Gasteiger partial charge on any atom is 0.267 e. The summed E-state index contributed by atoms with van der Waals surface area (Å²) in [6.45, 7) is 1.62. The van der Waals surface area contributed by atoms with Crippen LogP contribution in [-0.2, 0) is 16.1 Å². The monoisotopic (exact) mass is 452 g/mol. The molecule has 0 aliphatic carbocycles. The Labute approximate surface area is 189 Å². The van der Waals surface area contributed by atoms with Crippen LogP contribution in [-0.4, -0.2) is 29.9 Å². The van der Waals surface area contributed by atoms with Crippen molar-refractivity contribution in [3.05, 3.63) is 89.5 Å². The van der Waals surface area contributed by atoms with E-state index in [1.54, 1.807) is 49.6 Å². The highest BCUT2D eigenvalue weighted by molar-refractivity contribution is 5.90. The molecule has 1 aliphatic heterocycles. The molecule has 6 nitrogen and oxygen atoms in total. The predicted molar refractivity (Wildman–Crippen MR) is 118 cm³/mol. The second kappa shape index (κ2) is 9.28. The predicted octanol–water partition coefficient (Wildman–Crippen LogP) is 4.46. The van der Waals surface area contributed by atoms with Crippen LogP contribution in [0.1, 0.15) is 24.1 Å². The molecule has 0 saturated carbocycles. The van der Waals surface area contributed by atoms with E-state index >= 15 is 0 Å². The standard InChI is InChI=1S/C25H22F2N2O4/c1-15(30)28-18-5-3-4-16(12-18)14-29-23(17-6-11-21(26)22(27)13-17)24(25(29)31)33-20-9-7-19(32-2)8-10-20/h3-13,23-24H,14H2,1-2H3,(H,28,30)/t23-,24+/m0/s1. The first kappa shape index (κ1) is 22.3. The number of anilines is 1. The van der Waals surface area contributed by atoms with Crippen molar-refractivity contribution in [2.45, 2.75) is 25.6 Å². The summed E-state index contributed by atoms with van der Waals surface area (Å²) in [5.74, 6) is -1.37. The van der Waals surface area contributed by atoms with Gasteiger partial charge in [0.25, 0.3) is 5.91 Å². The molecule has 0 aromatic heterocycles. The Morgan fingerprint density at radius 2 is 1.73 bits per heavy atom. The van der Waals surface area contributed by atoms with E-state index < -0.39 is 23.8 Å². The van der Waals surface area contributed by atoms with Gasteiger partial charge in [0.1, 0.15) is 17.5 Å². The van der Waals surface area contributed by atoms with Crippen LogP contribution >= 0.6 is 0 Å². The van der Waals surface area contributed by atoms with E-state index in [4.69, 9.17) is 9.47 Å². The Hall–Kier alpha value is -3.94. The molecule has 3 aromatic carbocycles. The van der Waals surface area contributed by atoms with E-state index in [1.165, 1.54) is 17.9 Å². The van der Waals surface area contributed by atoms with Crippen molar-refractivity contribution in [3.63, 3.8) is 0 Å². The maximum atomic E-state index is 14.0. The highest BCUT2D eigenvalue weighted by Gasteiger charge is 2.50. The lowest BCUT2D eigenvalue weighted by Crippen LogP contribution is -2.60. The largest absolute Gasteiger partial charge is 0.497 e.